The van der Waals surface area contributed by atoms with E-state index in [0.29, 0.717) is 17.8 Å². The molecule has 3 heteroatoms. The lowest BCUT2D eigenvalue weighted by molar-refractivity contribution is -0.272. The Morgan fingerprint density at radius 3 is 1.85 bits per heavy atom. The second kappa shape index (κ2) is 11.2. The summed E-state index contributed by atoms with van der Waals surface area (Å²) in [7, 11) is 0. The molecule has 0 heterocycles. The molecule has 0 N–H and O–H groups in total. The summed E-state index contributed by atoms with van der Waals surface area (Å²) in [5.74, 6) is 2.52. The first-order valence-electron chi connectivity index (χ1n) is 13.3. The van der Waals surface area contributed by atoms with Crippen molar-refractivity contribution >= 4 is 0 Å². The van der Waals surface area contributed by atoms with E-state index in [1.165, 1.54) is 49.8 Å². The summed E-state index contributed by atoms with van der Waals surface area (Å²) in [5.41, 5.74) is 3.20. The second-order valence-corrected chi connectivity index (χ2v) is 10.5. The van der Waals surface area contributed by atoms with Crippen molar-refractivity contribution < 1.29 is 13.5 Å². The van der Waals surface area contributed by atoms with E-state index in [9.17, 15) is 8.78 Å². The van der Waals surface area contributed by atoms with Crippen LogP contribution in [0.1, 0.15) is 112 Å². The number of alkyl halides is 2. The number of allylic oxidation sites excluding steroid dienone is 1. The van der Waals surface area contributed by atoms with Crippen LogP contribution in [0.15, 0.2) is 61.2 Å². The highest BCUT2D eigenvalue weighted by molar-refractivity contribution is 5.29. The molecule has 0 spiro atoms. The van der Waals surface area contributed by atoms with E-state index >= 15 is 0 Å². The van der Waals surface area contributed by atoms with Crippen LogP contribution in [0.2, 0.25) is 0 Å². The summed E-state index contributed by atoms with van der Waals surface area (Å²) in [6.07, 6.45) is 8.80. The number of rotatable bonds is 8. The molecule has 0 bridgehead atoms. The van der Waals surface area contributed by atoms with Gasteiger partial charge < -0.3 is 4.74 Å². The highest BCUT2D eigenvalue weighted by Crippen LogP contribution is 2.40. The van der Waals surface area contributed by atoms with Gasteiger partial charge in [0.05, 0.1) is 11.7 Å². The molecule has 184 valence electrons. The number of hydrogen-bond donors (Lipinski definition) is 0. The first kappa shape index (κ1) is 25.1. The zero-order chi connectivity index (χ0) is 24.1. The topological polar surface area (TPSA) is 9.23 Å². The average Bonchev–Trinajstić information content (AvgIpc) is 2.89. The van der Waals surface area contributed by atoms with E-state index < -0.39 is 12.2 Å². The highest BCUT2D eigenvalue weighted by atomic mass is 19.3. The molecule has 1 atom stereocenters. The lowest BCUT2D eigenvalue weighted by atomic mass is 9.78. The Morgan fingerprint density at radius 2 is 1.35 bits per heavy atom. The predicted octanol–water partition coefficient (Wildman–Crippen LogP) is 9.66. The molecular weight excluding hydrogens is 426 g/mol. The van der Waals surface area contributed by atoms with Crippen LogP contribution in [0.3, 0.4) is 0 Å². The second-order valence-electron chi connectivity index (χ2n) is 10.5. The maximum Gasteiger partial charge on any atom is 0.383 e. The quantitative estimate of drug-likeness (QED) is 0.352. The van der Waals surface area contributed by atoms with Crippen LogP contribution in [0.5, 0.6) is 0 Å². The van der Waals surface area contributed by atoms with Gasteiger partial charge in [0.15, 0.2) is 0 Å². The SMILES string of the molecule is C=CC1CCC(c2ccc(C(F)(F)OC(C)c3ccc(C4CCC(CC)CC4)cc3)cc2)CC1. The molecule has 4 rings (SSSR count). The number of ether oxygens (including phenoxy) is 1. The largest absolute Gasteiger partial charge is 0.383 e. The maximum atomic E-state index is 15.0. The van der Waals surface area contributed by atoms with Gasteiger partial charge in [-0.25, -0.2) is 0 Å². The molecule has 1 nitrogen and oxygen atoms in total. The first-order chi connectivity index (χ1) is 16.4. The minimum absolute atomic E-state index is 0.0767. The zero-order valence-corrected chi connectivity index (χ0v) is 20.8. The van der Waals surface area contributed by atoms with E-state index in [0.717, 1.165) is 42.7 Å². The Labute approximate surface area is 204 Å². The summed E-state index contributed by atoms with van der Waals surface area (Å²) in [5, 5.41) is 0. The van der Waals surface area contributed by atoms with Gasteiger partial charge in [0.2, 0.25) is 0 Å². The van der Waals surface area contributed by atoms with Crippen molar-refractivity contribution in [3.63, 3.8) is 0 Å². The molecule has 2 aliphatic carbocycles. The minimum Gasteiger partial charge on any atom is -0.309 e. The van der Waals surface area contributed by atoms with Crippen molar-refractivity contribution in [2.75, 3.05) is 0 Å². The van der Waals surface area contributed by atoms with Gasteiger partial charge in [-0.15, -0.1) is 6.58 Å². The van der Waals surface area contributed by atoms with Gasteiger partial charge in [0, 0.05) is 0 Å². The van der Waals surface area contributed by atoms with E-state index in [4.69, 9.17) is 4.74 Å². The molecule has 34 heavy (non-hydrogen) atoms. The van der Waals surface area contributed by atoms with Crippen molar-refractivity contribution in [2.24, 2.45) is 11.8 Å². The van der Waals surface area contributed by atoms with Crippen molar-refractivity contribution in [3.8, 4) is 0 Å². The van der Waals surface area contributed by atoms with Crippen LogP contribution in [0.4, 0.5) is 8.78 Å². The van der Waals surface area contributed by atoms with Gasteiger partial charge in [-0.2, -0.15) is 8.78 Å². The van der Waals surface area contributed by atoms with Gasteiger partial charge in [0.1, 0.15) is 0 Å². The van der Waals surface area contributed by atoms with Gasteiger partial charge in [-0.3, -0.25) is 0 Å². The number of benzene rings is 2. The molecule has 2 aliphatic rings. The van der Waals surface area contributed by atoms with Crippen LogP contribution in [0.25, 0.3) is 0 Å². The van der Waals surface area contributed by atoms with Gasteiger partial charge in [-0.05, 0) is 98.7 Å². The molecule has 0 radical (unpaired) electrons. The molecule has 2 saturated carbocycles. The summed E-state index contributed by atoms with van der Waals surface area (Å²) >= 11 is 0. The molecule has 2 aromatic carbocycles. The fourth-order valence-corrected chi connectivity index (χ4v) is 5.94. The van der Waals surface area contributed by atoms with E-state index in [1.54, 1.807) is 6.92 Å². The van der Waals surface area contributed by atoms with Crippen LogP contribution >= 0.6 is 0 Å². The summed E-state index contributed by atoms with van der Waals surface area (Å²) in [6.45, 7) is 7.89. The van der Waals surface area contributed by atoms with Gasteiger partial charge in [-0.1, -0.05) is 68.0 Å². The molecule has 0 saturated heterocycles. The third-order valence-electron chi connectivity index (χ3n) is 8.45. The summed E-state index contributed by atoms with van der Waals surface area (Å²) in [6, 6.07) is 14.9. The zero-order valence-electron chi connectivity index (χ0n) is 20.8. The number of halogens is 2. The van der Waals surface area contributed by atoms with Gasteiger partial charge in [0.25, 0.3) is 0 Å². The summed E-state index contributed by atoms with van der Waals surface area (Å²) < 4.78 is 35.2. The molecule has 0 aromatic heterocycles. The van der Waals surface area contributed by atoms with Crippen molar-refractivity contribution in [1.29, 1.82) is 0 Å². The fourth-order valence-electron chi connectivity index (χ4n) is 5.94. The Bertz CT molecular complexity index is 901. The highest BCUT2D eigenvalue weighted by Gasteiger charge is 2.35. The van der Waals surface area contributed by atoms with Crippen LogP contribution in [-0.4, -0.2) is 0 Å². The van der Waals surface area contributed by atoms with Gasteiger partial charge >= 0.3 is 6.11 Å². The average molecular weight is 467 g/mol. The fraction of sp³-hybridized carbons (Fsp3) is 0.548. The van der Waals surface area contributed by atoms with E-state index in [1.807, 2.05) is 30.3 Å². The lowest BCUT2D eigenvalue weighted by Crippen LogP contribution is -2.20. The molecule has 2 aromatic rings. The van der Waals surface area contributed by atoms with Crippen molar-refractivity contribution in [3.05, 3.63) is 83.4 Å². The molecule has 2 fully saturated rings. The third-order valence-corrected chi connectivity index (χ3v) is 8.45. The Morgan fingerprint density at radius 1 is 0.853 bits per heavy atom. The Balaban J connectivity index is 1.34. The molecule has 1 unspecified atom stereocenters. The van der Waals surface area contributed by atoms with E-state index in [2.05, 4.69) is 25.6 Å². The van der Waals surface area contributed by atoms with Crippen LogP contribution in [0, 0.1) is 11.8 Å². The molecule has 0 amide bonds. The van der Waals surface area contributed by atoms with Crippen LogP contribution < -0.4 is 0 Å². The minimum atomic E-state index is -3.32. The molecular formula is C31H40F2O. The normalized spacial score (nSPS) is 26.7. The monoisotopic (exact) mass is 466 g/mol. The maximum absolute atomic E-state index is 15.0. The molecule has 0 aliphatic heterocycles. The third kappa shape index (κ3) is 5.97. The smallest absolute Gasteiger partial charge is 0.309 e. The van der Waals surface area contributed by atoms with Crippen molar-refractivity contribution in [2.45, 2.75) is 95.7 Å². The van der Waals surface area contributed by atoms with E-state index in [-0.39, 0.29) is 5.56 Å². The van der Waals surface area contributed by atoms with Crippen molar-refractivity contribution in [1.82, 2.24) is 0 Å². The Hall–Kier alpha value is -2.00. The Kier molecular flexibility index (Phi) is 8.24. The van der Waals surface area contributed by atoms with Crippen LogP contribution in [-0.2, 0) is 10.8 Å². The standard InChI is InChI=1S/C31H40F2O/c1-4-23-6-10-26(11-7-23)28-16-14-25(15-17-28)22(3)34-31(32,33)30-20-18-29(19-21-30)27-12-8-24(5-2)9-13-27/h5,14-24,26-27H,2,4,6-13H2,1,3H3. The summed E-state index contributed by atoms with van der Waals surface area (Å²) in [4.78, 5) is 0. The lowest BCUT2D eigenvalue weighted by Gasteiger charge is -2.28. The number of hydrogen-bond acceptors (Lipinski definition) is 1. The predicted molar refractivity (Wildman–Crippen MR) is 136 cm³/mol. The first-order valence-corrected chi connectivity index (χ1v) is 13.3.